The summed E-state index contributed by atoms with van der Waals surface area (Å²) < 4.78 is 19.0. The Hall–Kier alpha value is -1.62. The van der Waals surface area contributed by atoms with Crippen LogP contribution in [0.25, 0.3) is 0 Å². The van der Waals surface area contributed by atoms with E-state index < -0.39 is 5.60 Å². The van der Waals surface area contributed by atoms with Crippen LogP contribution in [0.1, 0.15) is 39.7 Å². The lowest BCUT2D eigenvalue weighted by Crippen LogP contribution is -2.49. The molecule has 0 aliphatic carbocycles. The van der Waals surface area contributed by atoms with E-state index in [9.17, 15) is 9.18 Å². The fourth-order valence-corrected chi connectivity index (χ4v) is 2.83. The highest BCUT2D eigenvalue weighted by Crippen LogP contribution is 2.37. The quantitative estimate of drug-likeness (QED) is 0.900. The Bertz CT molecular complexity index is 529. The van der Waals surface area contributed by atoms with Gasteiger partial charge in [-0.1, -0.05) is 12.1 Å². The third kappa shape index (κ3) is 4.17. The second kappa shape index (κ2) is 5.64. The van der Waals surface area contributed by atoms with E-state index in [-0.39, 0.29) is 23.5 Å². The van der Waals surface area contributed by atoms with Gasteiger partial charge in [-0.15, -0.1) is 0 Å². The molecule has 2 N–H and O–H groups in total. The summed E-state index contributed by atoms with van der Waals surface area (Å²) in [4.78, 5) is 12.0. The number of carbonyl (C=O) groups excluding carboxylic acids is 1. The molecular formula is C16H23FN2O2. The van der Waals surface area contributed by atoms with Crippen molar-refractivity contribution in [3.05, 3.63) is 35.6 Å². The average Bonchev–Trinajstić information content (AvgIpc) is 2.54. The number of benzene rings is 1. The Kier molecular flexibility index (Phi) is 4.23. The number of urea groups is 1. The second-order valence-corrected chi connectivity index (χ2v) is 6.68. The minimum Gasteiger partial charge on any atom is -0.367 e. The maximum Gasteiger partial charge on any atom is 0.315 e. The van der Waals surface area contributed by atoms with Crippen molar-refractivity contribution in [3.63, 3.8) is 0 Å². The lowest BCUT2D eigenvalue weighted by atomic mass is 9.95. The lowest BCUT2D eigenvalue weighted by molar-refractivity contribution is -0.0690. The Morgan fingerprint density at radius 1 is 1.38 bits per heavy atom. The van der Waals surface area contributed by atoms with Crippen LogP contribution in [0, 0.1) is 5.82 Å². The van der Waals surface area contributed by atoms with Crippen LogP contribution in [0.4, 0.5) is 9.18 Å². The summed E-state index contributed by atoms with van der Waals surface area (Å²) >= 11 is 0. The molecule has 0 aromatic heterocycles. The van der Waals surface area contributed by atoms with Crippen molar-refractivity contribution in [1.29, 1.82) is 0 Å². The molecule has 1 fully saturated rings. The van der Waals surface area contributed by atoms with Crippen molar-refractivity contribution in [2.24, 2.45) is 0 Å². The molecule has 0 saturated carbocycles. The van der Waals surface area contributed by atoms with Gasteiger partial charge in [0.2, 0.25) is 0 Å². The van der Waals surface area contributed by atoms with E-state index in [0.29, 0.717) is 6.54 Å². The molecule has 1 aromatic rings. The summed E-state index contributed by atoms with van der Waals surface area (Å²) in [6, 6.07) is 5.87. The van der Waals surface area contributed by atoms with Gasteiger partial charge in [0, 0.05) is 6.54 Å². The highest BCUT2D eigenvalue weighted by molar-refractivity contribution is 5.74. The third-order valence-electron chi connectivity index (χ3n) is 3.72. The third-order valence-corrected chi connectivity index (χ3v) is 3.72. The zero-order valence-corrected chi connectivity index (χ0v) is 13.0. The van der Waals surface area contributed by atoms with Crippen LogP contribution < -0.4 is 10.6 Å². The lowest BCUT2D eigenvalue weighted by Gasteiger charge is -2.27. The molecule has 4 nitrogen and oxygen atoms in total. The van der Waals surface area contributed by atoms with Gasteiger partial charge in [-0.3, -0.25) is 0 Å². The minimum absolute atomic E-state index is 0.0555. The molecule has 0 spiro atoms. The van der Waals surface area contributed by atoms with E-state index in [4.69, 9.17) is 4.74 Å². The second-order valence-electron chi connectivity index (χ2n) is 6.68. The van der Waals surface area contributed by atoms with Crippen LogP contribution in [-0.2, 0) is 11.3 Å². The first kappa shape index (κ1) is 15.8. The molecule has 5 heteroatoms. The largest absolute Gasteiger partial charge is 0.367 e. The van der Waals surface area contributed by atoms with Gasteiger partial charge in [0.05, 0.1) is 17.2 Å². The summed E-state index contributed by atoms with van der Waals surface area (Å²) in [6.45, 7) is 8.27. The fourth-order valence-electron chi connectivity index (χ4n) is 2.83. The van der Waals surface area contributed by atoms with Crippen LogP contribution in [-0.4, -0.2) is 23.3 Å². The molecule has 2 amide bonds. The molecule has 2 rings (SSSR count). The maximum atomic E-state index is 13.1. The molecule has 1 atom stereocenters. The first-order chi connectivity index (χ1) is 9.68. The van der Waals surface area contributed by atoms with Crippen molar-refractivity contribution in [2.45, 2.75) is 57.9 Å². The number of carbonyl (C=O) groups is 1. The van der Waals surface area contributed by atoms with E-state index in [1.165, 1.54) is 12.1 Å². The molecule has 1 unspecified atom stereocenters. The predicted octanol–water partition coefficient (Wildman–Crippen LogP) is 2.97. The van der Waals surface area contributed by atoms with E-state index in [2.05, 4.69) is 10.6 Å². The zero-order chi connectivity index (χ0) is 15.7. The Morgan fingerprint density at radius 2 is 2.10 bits per heavy atom. The number of ether oxygens (including phenoxy) is 1. The number of rotatable bonds is 3. The maximum absolute atomic E-state index is 13.1. The summed E-state index contributed by atoms with van der Waals surface area (Å²) in [5, 5.41) is 5.69. The molecule has 1 saturated heterocycles. The van der Waals surface area contributed by atoms with Crippen LogP contribution in [0.15, 0.2) is 24.3 Å². The standard InChI is InChI=1S/C16H23FN2O2/c1-15(2)9-13(16(3,4)21-15)19-14(20)18-10-11-6-5-7-12(17)8-11/h5-8,13H,9-10H2,1-4H3,(H2,18,19,20). The van der Waals surface area contributed by atoms with Crippen LogP contribution in [0.3, 0.4) is 0 Å². The Labute approximate surface area is 125 Å². The number of hydrogen-bond donors (Lipinski definition) is 2. The van der Waals surface area contributed by atoms with Gasteiger partial charge in [0.15, 0.2) is 0 Å². The van der Waals surface area contributed by atoms with Gasteiger partial charge < -0.3 is 15.4 Å². The predicted molar refractivity (Wildman–Crippen MR) is 79.4 cm³/mol. The van der Waals surface area contributed by atoms with Crippen molar-refractivity contribution >= 4 is 6.03 Å². The number of nitrogens with one attached hydrogen (secondary N) is 2. The monoisotopic (exact) mass is 294 g/mol. The number of hydrogen-bond acceptors (Lipinski definition) is 2. The van der Waals surface area contributed by atoms with E-state index >= 15 is 0 Å². The molecule has 116 valence electrons. The van der Waals surface area contributed by atoms with Crippen LogP contribution >= 0.6 is 0 Å². The molecule has 1 heterocycles. The van der Waals surface area contributed by atoms with Gasteiger partial charge in [-0.05, 0) is 51.8 Å². The number of halogens is 1. The van der Waals surface area contributed by atoms with Crippen molar-refractivity contribution in [2.75, 3.05) is 0 Å². The highest BCUT2D eigenvalue weighted by atomic mass is 19.1. The fraction of sp³-hybridized carbons (Fsp3) is 0.562. The van der Waals surface area contributed by atoms with E-state index in [1.54, 1.807) is 12.1 Å². The Balaban J connectivity index is 1.88. The molecule has 1 aliphatic rings. The normalized spacial score (nSPS) is 22.8. The van der Waals surface area contributed by atoms with Crippen LogP contribution in [0.5, 0.6) is 0 Å². The molecule has 0 bridgehead atoms. The van der Waals surface area contributed by atoms with Crippen molar-refractivity contribution < 1.29 is 13.9 Å². The van der Waals surface area contributed by atoms with E-state index in [1.807, 2.05) is 27.7 Å². The summed E-state index contributed by atoms with van der Waals surface area (Å²) in [6.07, 6.45) is 0.757. The highest BCUT2D eigenvalue weighted by Gasteiger charge is 2.46. The van der Waals surface area contributed by atoms with E-state index in [0.717, 1.165) is 12.0 Å². The summed E-state index contributed by atoms with van der Waals surface area (Å²) in [5.74, 6) is -0.304. The van der Waals surface area contributed by atoms with Gasteiger partial charge >= 0.3 is 6.03 Å². The van der Waals surface area contributed by atoms with Crippen LogP contribution in [0.2, 0.25) is 0 Å². The molecule has 21 heavy (non-hydrogen) atoms. The first-order valence-corrected chi connectivity index (χ1v) is 7.17. The summed E-state index contributed by atoms with van der Waals surface area (Å²) in [7, 11) is 0. The first-order valence-electron chi connectivity index (χ1n) is 7.17. The average molecular weight is 294 g/mol. The topological polar surface area (TPSA) is 50.4 Å². The zero-order valence-electron chi connectivity index (χ0n) is 13.0. The molecule has 0 radical (unpaired) electrons. The van der Waals surface area contributed by atoms with Crippen molar-refractivity contribution in [3.8, 4) is 0 Å². The minimum atomic E-state index is -0.403. The van der Waals surface area contributed by atoms with Gasteiger partial charge in [0.25, 0.3) is 0 Å². The van der Waals surface area contributed by atoms with Gasteiger partial charge in [-0.2, -0.15) is 0 Å². The smallest absolute Gasteiger partial charge is 0.315 e. The van der Waals surface area contributed by atoms with Gasteiger partial charge in [0.1, 0.15) is 5.82 Å². The molecule has 1 aromatic carbocycles. The van der Waals surface area contributed by atoms with Gasteiger partial charge in [-0.25, -0.2) is 9.18 Å². The van der Waals surface area contributed by atoms with Crippen molar-refractivity contribution in [1.82, 2.24) is 10.6 Å². The molecular weight excluding hydrogens is 271 g/mol. The Morgan fingerprint density at radius 3 is 2.67 bits per heavy atom. The SMILES string of the molecule is CC1(C)CC(NC(=O)NCc2cccc(F)c2)C(C)(C)O1. The summed E-state index contributed by atoms with van der Waals surface area (Å²) in [5.41, 5.74) is 0.0800. The number of amides is 2. The molecule has 1 aliphatic heterocycles.